The quantitative estimate of drug-likeness (QED) is 0.390. The lowest BCUT2D eigenvalue weighted by molar-refractivity contribution is 0.311. The van der Waals surface area contributed by atoms with Crippen LogP contribution in [0.2, 0.25) is 0 Å². The average molecular weight is 459 g/mol. The molecule has 4 aromatic rings. The second-order valence-corrected chi connectivity index (χ2v) is 9.45. The molecule has 0 atom stereocenters. The molecule has 0 unspecified atom stereocenters. The lowest BCUT2D eigenvalue weighted by Gasteiger charge is -2.33. The van der Waals surface area contributed by atoms with Crippen molar-refractivity contribution in [2.24, 2.45) is 0 Å². The highest BCUT2D eigenvalue weighted by Crippen LogP contribution is 2.36. The fraction of sp³-hybridized carbons (Fsp3) is 0.400. The minimum absolute atomic E-state index is 0.320. The van der Waals surface area contributed by atoms with Gasteiger partial charge in [0, 0.05) is 66.5 Å². The van der Waals surface area contributed by atoms with Gasteiger partial charge in [-0.25, -0.2) is 0 Å². The highest BCUT2D eigenvalue weighted by molar-refractivity contribution is 5.81. The van der Waals surface area contributed by atoms with Gasteiger partial charge >= 0.3 is 6.01 Å². The van der Waals surface area contributed by atoms with Gasteiger partial charge in [-0.05, 0) is 51.1 Å². The first-order valence-corrected chi connectivity index (χ1v) is 12.0. The van der Waals surface area contributed by atoms with Gasteiger partial charge in [0.25, 0.3) is 0 Å². The van der Waals surface area contributed by atoms with Crippen LogP contribution in [0, 0.1) is 6.92 Å². The zero-order valence-corrected chi connectivity index (χ0v) is 19.6. The molecule has 1 saturated carbocycles. The second kappa shape index (κ2) is 8.64. The Labute approximate surface area is 198 Å². The van der Waals surface area contributed by atoms with E-state index in [1.807, 2.05) is 31.2 Å². The van der Waals surface area contributed by atoms with Crippen LogP contribution in [-0.4, -0.2) is 63.3 Å². The second-order valence-electron chi connectivity index (χ2n) is 9.45. The number of anilines is 3. The SMILES string of the molecule is Cc1cc2cc(Oc3nc(Nc4cc(C5CCC5)[nH]n4)cc(N4CCN(C)CC4)n3)ccc2[nH]1. The average Bonchev–Trinajstić information content (AvgIpc) is 3.38. The van der Waals surface area contributed by atoms with Crippen molar-refractivity contribution in [1.29, 1.82) is 0 Å². The van der Waals surface area contributed by atoms with E-state index in [-0.39, 0.29) is 0 Å². The van der Waals surface area contributed by atoms with Crippen molar-refractivity contribution >= 4 is 28.4 Å². The Morgan fingerprint density at radius 2 is 1.85 bits per heavy atom. The molecule has 3 N–H and O–H groups in total. The minimum atomic E-state index is 0.320. The number of ether oxygens (including phenoxy) is 1. The molecule has 3 aromatic heterocycles. The highest BCUT2D eigenvalue weighted by atomic mass is 16.5. The molecular weight excluding hydrogens is 428 g/mol. The van der Waals surface area contributed by atoms with Crippen LogP contribution in [0.5, 0.6) is 11.8 Å². The number of rotatable bonds is 6. The standard InChI is InChI=1S/C25H30N8O/c1-16-12-18-13-19(6-7-20(18)26-16)34-25-28-22(15-24(29-25)33-10-8-32(2)9-11-33)27-23-14-21(30-31-23)17-4-3-5-17/h6-7,12-15,17,26H,3-5,8-11H2,1-2H3,(H2,27,28,29,30,31). The van der Waals surface area contributed by atoms with E-state index in [1.165, 1.54) is 25.0 Å². The molecule has 0 radical (unpaired) electrons. The van der Waals surface area contributed by atoms with Gasteiger partial charge in [-0.2, -0.15) is 15.1 Å². The maximum atomic E-state index is 6.16. The van der Waals surface area contributed by atoms with Gasteiger partial charge in [0.05, 0.1) is 0 Å². The van der Waals surface area contributed by atoms with Gasteiger partial charge in [0.1, 0.15) is 17.4 Å². The number of nitrogens with one attached hydrogen (secondary N) is 3. The monoisotopic (exact) mass is 458 g/mol. The Morgan fingerprint density at radius 1 is 1.00 bits per heavy atom. The number of likely N-dealkylation sites (N-methyl/N-ethyl adjacent to an activating group) is 1. The van der Waals surface area contributed by atoms with Crippen molar-refractivity contribution in [3.8, 4) is 11.8 Å². The number of H-pyrrole nitrogens is 2. The fourth-order valence-electron chi connectivity index (χ4n) is 4.61. The third-order valence-corrected chi connectivity index (χ3v) is 6.85. The van der Waals surface area contributed by atoms with Crippen LogP contribution in [-0.2, 0) is 0 Å². The van der Waals surface area contributed by atoms with E-state index in [1.54, 1.807) is 0 Å². The van der Waals surface area contributed by atoms with Crippen molar-refractivity contribution in [2.45, 2.75) is 32.1 Å². The smallest absolute Gasteiger partial charge is 0.325 e. The summed E-state index contributed by atoms with van der Waals surface area (Å²) in [5, 5.41) is 12.1. The van der Waals surface area contributed by atoms with E-state index in [0.717, 1.165) is 54.4 Å². The van der Waals surface area contributed by atoms with Crippen molar-refractivity contribution in [2.75, 3.05) is 43.4 Å². The zero-order chi connectivity index (χ0) is 23.1. The Hall–Kier alpha value is -3.59. The number of benzene rings is 1. The highest BCUT2D eigenvalue weighted by Gasteiger charge is 2.22. The summed E-state index contributed by atoms with van der Waals surface area (Å²) in [6, 6.07) is 12.5. The summed E-state index contributed by atoms with van der Waals surface area (Å²) in [6.45, 7) is 5.87. The topological polar surface area (TPSA) is 98.0 Å². The molecule has 176 valence electrons. The maximum absolute atomic E-state index is 6.16. The number of fused-ring (bicyclic) bond motifs is 1. The molecule has 1 saturated heterocycles. The van der Waals surface area contributed by atoms with E-state index in [0.29, 0.717) is 23.5 Å². The summed E-state index contributed by atoms with van der Waals surface area (Å²) >= 11 is 0. The molecule has 2 fully saturated rings. The molecule has 0 bridgehead atoms. The van der Waals surface area contributed by atoms with Crippen LogP contribution in [0.15, 0.2) is 36.4 Å². The predicted octanol–water partition coefficient (Wildman–Crippen LogP) is 4.54. The van der Waals surface area contributed by atoms with E-state index < -0.39 is 0 Å². The normalized spacial score (nSPS) is 17.2. The third-order valence-electron chi connectivity index (χ3n) is 6.85. The van der Waals surface area contributed by atoms with E-state index >= 15 is 0 Å². The predicted molar refractivity (Wildman–Crippen MR) is 133 cm³/mol. The fourth-order valence-corrected chi connectivity index (χ4v) is 4.61. The molecule has 0 spiro atoms. The van der Waals surface area contributed by atoms with Crippen molar-refractivity contribution < 1.29 is 4.74 Å². The molecule has 1 aromatic carbocycles. The number of aromatic nitrogens is 5. The van der Waals surface area contributed by atoms with Crippen LogP contribution >= 0.6 is 0 Å². The summed E-state index contributed by atoms with van der Waals surface area (Å²) < 4.78 is 6.16. The molecule has 1 aliphatic carbocycles. The van der Waals surface area contributed by atoms with Gasteiger partial charge in [-0.3, -0.25) is 5.10 Å². The number of hydrogen-bond acceptors (Lipinski definition) is 7. The van der Waals surface area contributed by atoms with Crippen molar-refractivity contribution in [1.82, 2.24) is 30.0 Å². The number of piperazine rings is 1. The Balaban J connectivity index is 1.29. The first-order chi connectivity index (χ1) is 16.6. The Morgan fingerprint density at radius 3 is 2.65 bits per heavy atom. The van der Waals surface area contributed by atoms with Crippen LogP contribution in [0.25, 0.3) is 10.9 Å². The van der Waals surface area contributed by atoms with Crippen LogP contribution < -0.4 is 15.0 Å². The van der Waals surface area contributed by atoms with Gasteiger partial charge in [0.15, 0.2) is 5.82 Å². The zero-order valence-electron chi connectivity index (χ0n) is 19.6. The van der Waals surface area contributed by atoms with E-state index in [2.05, 4.69) is 54.5 Å². The molecule has 2 aliphatic rings. The van der Waals surface area contributed by atoms with Gasteiger partial charge in [-0.15, -0.1) is 0 Å². The number of hydrogen-bond donors (Lipinski definition) is 3. The lowest BCUT2D eigenvalue weighted by Crippen LogP contribution is -2.44. The molecular formula is C25H30N8O. The summed E-state index contributed by atoms with van der Waals surface area (Å²) in [6.07, 6.45) is 3.75. The summed E-state index contributed by atoms with van der Waals surface area (Å²) in [7, 11) is 2.15. The first kappa shape index (κ1) is 21.0. The van der Waals surface area contributed by atoms with E-state index in [4.69, 9.17) is 9.72 Å². The lowest BCUT2D eigenvalue weighted by atomic mass is 9.83. The van der Waals surface area contributed by atoms with Crippen LogP contribution in [0.1, 0.15) is 36.6 Å². The molecule has 6 rings (SSSR count). The molecule has 4 heterocycles. The van der Waals surface area contributed by atoms with Crippen LogP contribution in [0.3, 0.4) is 0 Å². The molecule has 34 heavy (non-hydrogen) atoms. The van der Waals surface area contributed by atoms with Crippen molar-refractivity contribution in [3.05, 3.63) is 47.8 Å². The third kappa shape index (κ3) is 4.31. The minimum Gasteiger partial charge on any atom is -0.424 e. The maximum Gasteiger partial charge on any atom is 0.325 e. The Kier molecular flexibility index (Phi) is 5.33. The summed E-state index contributed by atoms with van der Waals surface area (Å²) in [5.74, 6) is 3.60. The molecule has 0 amide bonds. The number of aromatic amines is 2. The molecule has 9 nitrogen and oxygen atoms in total. The largest absolute Gasteiger partial charge is 0.424 e. The summed E-state index contributed by atoms with van der Waals surface area (Å²) in [5.41, 5.74) is 3.39. The molecule has 9 heteroatoms. The van der Waals surface area contributed by atoms with Gasteiger partial charge in [-0.1, -0.05) is 6.42 Å². The molecule has 1 aliphatic heterocycles. The van der Waals surface area contributed by atoms with E-state index in [9.17, 15) is 0 Å². The number of aryl methyl sites for hydroxylation is 1. The van der Waals surface area contributed by atoms with Gasteiger partial charge in [0.2, 0.25) is 0 Å². The van der Waals surface area contributed by atoms with Crippen molar-refractivity contribution in [3.63, 3.8) is 0 Å². The summed E-state index contributed by atoms with van der Waals surface area (Å²) in [4.78, 5) is 17.4. The Bertz CT molecular complexity index is 1300. The van der Waals surface area contributed by atoms with Gasteiger partial charge < -0.3 is 24.8 Å². The first-order valence-electron chi connectivity index (χ1n) is 12.0. The number of nitrogens with zero attached hydrogens (tertiary/aromatic N) is 5. The van der Waals surface area contributed by atoms with Crippen LogP contribution in [0.4, 0.5) is 17.5 Å².